The Balaban J connectivity index is 2.37. The molecule has 3 aromatic heterocycles. The zero-order chi connectivity index (χ0) is 13.6. The number of nitrogens with zero attached hydrogens (tertiary/aromatic N) is 5. The van der Waals surface area contributed by atoms with Gasteiger partial charge in [0, 0.05) is 12.3 Å². The molecule has 1 atom stereocenters. The Labute approximate surface area is 105 Å². The van der Waals surface area contributed by atoms with Crippen molar-refractivity contribution < 1.29 is 9.90 Å². The van der Waals surface area contributed by atoms with Crippen LogP contribution in [0.2, 0.25) is 0 Å². The molecule has 0 saturated heterocycles. The lowest BCUT2D eigenvalue weighted by Gasteiger charge is -2.10. The minimum atomic E-state index is -1.09. The van der Waals surface area contributed by atoms with Crippen LogP contribution in [0.4, 0.5) is 0 Å². The number of carboxylic acid groups (broad SMARTS) is 1. The van der Waals surface area contributed by atoms with Gasteiger partial charge in [0.1, 0.15) is 11.6 Å². The molecule has 3 aromatic rings. The topological polar surface area (TPSA) is 102 Å². The molecule has 19 heavy (non-hydrogen) atoms. The average molecular weight is 259 g/mol. The fraction of sp³-hybridized carbons (Fsp3) is 0.182. The molecule has 0 aliphatic rings. The third-order valence-electron chi connectivity index (χ3n) is 2.95. The summed E-state index contributed by atoms with van der Waals surface area (Å²) < 4.78 is 2.59. The second kappa shape index (κ2) is 3.87. The maximum atomic E-state index is 12.2. The Hall–Kier alpha value is -2.77. The molecule has 8 heteroatoms. The molecular weight excluding hydrogens is 250 g/mol. The van der Waals surface area contributed by atoms with Gasteiger partial charge in [-0.1, -0.05) is 0 Å². The fourth-order valence-corrected chi connectivity index (χ4v) is 1.88. The van der Waals surface area contributed by atoms with Crippen molar-refractivity contribution in [2.75, 3.05) is 0 Å². The van der Waals surface area contributed by atoms with Crippen LogP contribution in [0.15, 0.2) is 29.3 Å². The summed E-state index contributed by atoms with van der Waals surface area (Å²) in [4.78, 5) is 23.1. The van der Waals surface area contributed by atoms with Gasteiger partial charge >= 0.3 is 5.97 Å². The van der Waals surface area contributed by atoms with Gasteiger partial charge < -0.3 is 5.11 Å². The monoisotopic (exact) mass is 259 g/mol. The van der Waals surface area contributed by atoms with Crippen LogP contribution in [-0.2, 0) is 4.79 Å². The van der Waals surface area contributed by atoms with E-state index in [-0.39, 0.29) is 5.52 Å². The smallest absolute Gasteiger partial charge is 0.326 e. The van der Waals surface area contributed by atoms with E-state index in [1.54, 1.807) is 18.3 Å². The van der Waals surface area contributed by atoms with E-state index in [0.29, 0.717) is 11.2 Å². The minimum absolute atomic E-state index is 0.0896. The fourth-order valence-electron chi connectivity index (χ4n) is 1.88. The quantitative estimate of drug-likeness (QED) is 0.699. The SMILES string of the molecule is C[C@H](C(=O)O)n1ccc2c(nnc3ccnn32)c1=O. The predicted octanol–water partition coefficient (Wildman–Crippen LogP) is 0.0848. The van der Waals surface area contributed by atoms with Crippen LogP contribution < -0.4 is 5.56 Å². The predicted molar refractivity (Wildman–Crippen MR) is 64.9 cm³/mol. The Bertz CT molecular complexity index is 850. The first-order chi connectivity index (χ1) is 9.09. The molecule has 3 heterocycles. The Morgan fingerprint density at radius 1 is 1.37 bits per heavy atom. The Morgan fingerprint density at radius 2 is 2.16 bits per heavy atom. The minimum Gasteiger partial charge on any atom is -0.480 e. The van der Waals surface area contributed by atoms with Crippen LogP contribution in [-0.4, -0.2) is 35.5 Å². The standard InChI is InChI=1S/C11H9N5O3/c1-6(11(18)19)15-5-3-7-9(10(15)17)14-13-8-2-4-12-16(7)8/h2-6H,1H3,(H,18,19)/t6-/m1/s1. The molecule has 0 aromatic carbocycles. The van der Waals surface area contributed by atoms with Crippen molar-refractivity contribution in [3.8, 4) is 0 Å². The van der Waals surface area contributed by atoms with Gasteiger partial charge in [-0.05, 0) is 13.0 Å². The first kappa shape index (κ1) is 11.3. The van der Waals surface area contributed by atoms with Gasteiger partial charge in [0.15, 0.2) is 11.2 Å². The molecule has 1 N–H and O–H groups in total. The molecule has 0 aliphatic carbocycles. The summed E-state index contributed by atoms with van der Waals surface area (Å²) in [5.41, 5.74) is 0.605. The van der Waals surface area contributed by atoms with Gasteiger partial charge in [-0.15, -0.1) is 10.2 Å². The lowest BCUT2D eigenvalue weighted by atomic mass is 10.3. The van der Waals surface area contributed by atoms with E-state index in [1.807, 2.05) is 0 Å². The molecule has 0 unspecified atom stereocenters. The third kappa shape index (κ3) is 1.57. The molecule has 96 valence electrons. The van der Waals surface area contributed by atoms with Crippen molar-refractivity contribution in [2.45, 2.75) is 13.0 Å². The number of carbonyl (C=O) groups is 1. The normalized spacial score (nSPS) is 12.9. The number of hydrogen-bond donors (Lipinski definition) is 1. The molecule has 0 saturated carbocycles. The van der Waals surface area contributed by atoms with E-state index >= 15 is 0 Å². The summed E-state index contributed by atoms with van der Waals surface area (Å²) in [6.07, 6.45) is 2.97. The van der Waals surface area contributed by atoms with Crippen LogP contribution in [0.3, 0.4) is 0 Å². The lowest BCUT2D eigenvalue weighted by molar-refractivity contribution is -0.140. The molecule has 0 fully saturated rings. The number of pyridine rings is 1. The second-order valence-corrected chi connectivity index (χ2v) is 4.08. The van der Waals surface area contributed by atoms with Crippen molar-refractivity contribution in [2.24, 2.45) is 0 Å². The summed E-state index contributed by atoms with van der Waals surface area (Å²) in [7, 11) is 0. The summed E-state index contributed by atoms with van der Waals surface area (Å²) in [6.45, 7) is 1.43. The molecule has 0 aliphatic heterocycles. The van der Waals surface area contributed by atoms with Crippen LogP contribution in [0.1, 0.15) is 13.0 Å². The van der Waals surface area contributed by atoms with Crippen molar-refractivity contribution >= 4 is 22.6 Å². The largest absolute Gasteiger partial charge is 0.480 e. The number of aromatic nitrogens is 5. The van der Waals surface area contributed by atoms with Crippen molar-refractivity contribution in [1.29, 1.82) is 0 Å². The van der Waals surface area contributed by atoms with E-state index in [2.05, 4.69) is 15.3 Å². The first-order valence-corrected chi connectivity index (χ1v) is 5.53. The highest BCUT2D eigenvalue weighted by Crippen LogP contribution is 2.10. The molecule has 0 radical (unpaired) electrons. The first-order valence-electron chi connectivity index (χ1n) is 5.53. The number of hydrogen-bond acceptors (Lipinski definition) is 5. The highest BCUT2D eigenvalue weighted by Gasteiger charge is 2.17. The van der Waals surface area contributed by atoms with E-state index < -0.39 is 17.6 Å². The maximum absolute atomic E-state index is 12.2. The third-order valence-corrected chi connectivity index (χ3v) is 2.95. The molecule has 3 rings (SSSR count). The molecule has 0 bridgehead atoms. The van der Waals surface area contributed by atoms with Gasteiger partial charge in [0.2, 0.25) is 0 Å². The lowest BCUT2D eigenvalue weighted by Crippen LogP contribution is -2.28. The second-order valence-electron chi connectivity index (χ2n) is 4.08. The van der Waals surface area contributed by atoms with Crippen LogP contribution in [0, 0.1) is 0 Å². The highest BCUT2D eigenvalue weighted by molar-refractivity contribution is 5.76. The van der Waals surface area contributed by atoms with E-state index in [4.69, 9.17) is 5.11 Å². The summed E-state index contributed by atoms with van der Waals surface area (Å²) in [6, 6.07) is 2.30. The average Bonchev–Trinajstić information content (AvgIpc) is 2.86. The van der Waals surface area contributed by atoms with Crippen LogP contribution in [0.5, 0.6) is 0 Å². The van der Waals surface area contributed by atoms with E-state index in [9.17, 15) is 9.59 Å². The molecule has 8 nitrogen and oxygen atoms in total. The number of carboxylic acids is 1. The van der Waals surface area contributed by atoms with Crippen LogP contribution >= 0.6 is 0 Å². The van der Waals surface area contributed by atoms with Gasteiger partial charge in [0.05, 0.1) is 6.20 Å². The zero-order valence-corrected chi connectivity index (χ0v) is 9.89. The number of aliphatic carboxylic acids is 1. The Kier molecular flexibility index (Phi) is 2.31. The van der Waals surface area contributed by atoms with Gasteiger partial charge in [-0.3, -0.25) is 9.36 Å². The highest BCUT2D eigenvalue weighted by atomic mass is 16.4. The molecule has 0 amide bonds. The van der Waals surface area contributed by atoms with Crippen molar-refractivity contribution in [1.82, 2.24) is 24.4 Å². The van der Waals surface area contributed by atoms with Crippen molar-refractivity contribution in [3.63, 3.8) is 0 Å². The van der Waals surface area contributed by atoms with Gasteiger partial charge in [0.25, 0.3) is 5.56 Å². The van der Waals surface area contributed by atoms with Crippen LogP contribution in [0.25, 0.3) is 16.7 Å². The Morgan fingerprint density at radius 3 is 2.89 bits per heavy atom. The van der Waals surface area contributed by atoms with Gasteiger partial charge in [-0.2, -0.15) is 5.10 Å². The number of fused-ring (bicyclic) bond motifs is 3. The van der Waals surface area contributed by atoms with Gasteiger partial charge in [-0.25, -0.2) is 9.31 Å². The van der Waals surface area contributed by atoms with Crippen molar-refractivity contribution in [3.05, 3.63) is 34.9 Å². The molecule has 0 spiro atoms. The van der Waals surface area contributed by atoms with E-state index in [1.165, 1.54) is 17.6 Å². The molecular formula is C11H9N5O3. The van der Waals surface area contributed by atoms with E-state index in [0.717, 1.165) is 4.57 Å². The summed E-state index contributed by atoms with van der Waals surface area (Å²) in [5.74, 6) is -1.09. The zero-order valence-electron chi connectivity index (χ0n) is 9.89. The summed E-state index contributed by atoms with van der Waals surface area (Å²) >= 11 is 0. The number of rotatable bonds is 2. The summed E-state index contributed by atoms with van der Waals surface area (Å²) in [5, 5.41) is 20.7. The maximum Gasteiger partial charge on any atom is 0.326 e.